The van der Waals surface area contributed by atoms with Crippen LogP contribution in [-0.2, 0) is 9.59 Å². The molecule has 0 heterocycles. The van der Waals surface area contributed by atoms with E-state index in [9.17, 15) is 19.5 Å². The van der Waals surface area contributed by atoms with E-state index >= 15 is 0 Å². The van der Waals surface area contributed by atoms with Crippen molar-refractivity contribution in [1.82, 2.24) is 5.32 Å². The lowest BCUT2D eigenvalue weighted by Gasteiger charge is -2.24. The zero-order valence-corrected chi connectivity index (χ0v) is 19.2. The number of aliphatic hydroxyl groups excluding tert-OH is 2. The summed E-state index contributed by atoms with van der Waals surface area (Å²) >= 11 is 0. The van der Waals surface area contributed by atoms with Crippen LogP contribution in [0.25, 0.3) is 0 Å². The zero-order valence-electron chi connectivity index (χ0n) is 19.2. The summed E-state index contributed by atoms with van der Waals surface area (Å²) in [6, 6.07) is 12.7. The Kier molecular flexibility index (Phi) is 8.97. The first-order valence-electron chi connectivity index (χ1n) is 11.5. The van der Waals surface area contributed by atoms with Crippen LogP contribution in [-0.4, -0.2) is 46.6 Å². The van der Waals surface area contributed by atoms with Crippen LogP contribution in [0, 0.1) is 17.8 Å². The highest BCUT2D eigenvalue weighted by Gasteiger charge is 2.25. The van der Waals surface area contributed by atoms with E-state index in [-0.39, 0.29) is 5.91 Å². The van der Waals surface area contributed by atoms with E-state index < -0.39 is 30.4 Å². The normalized spacial score (nSPS) is 14.7. The predicted molar refractivity (Wildman–Crippen MR) is 129 cm³/mol. The van der Waals surface area contributed by atoms with E-state index in [0.29, 0.717) is 23.5 Å². The van der Waals surface area contributed by atoms with Gasteiger partial charge in [-0.05, 0) is 67.8 Å². The minimum Gasteiger partial charge on any atom is -0.391 e. The molecule has 2 aromatic rings. The smallest absolute Gasteiger partial charge is 0.251 e. The van der Waals surface area contributed by atoms with Crippen molar-refractivity contribution in [2.24, 2.45) is 5.92 Å². The number of rotatable bonds is 9. The van der Waals surface area contributed by atoms with Gasteiger partial charge in [0.15, 0.2) is 5.78 Å². The quantitative estimate of drug-likeness (QED) is 0.428. The van der Waals surface area contributed by atoms with Crippen LogP contribution in [0.3, 0.4) is 0 Å². The Hall–Kier alpha value is -3.47. The summed E-state index contributed by atoms with van der Waals surface area (Å²) in [7, 11) is 0. The molecule has 1 aliphatic rings. The second-order valence-electron chi connectivity index (χ2n) is 8.60. The monoisotopic (exact) mass is 462 g/mol. The average molecular weight is 463 g/mol. The maximum atomic E-state index is 12.3. The molecule has 0 aromatic heterocycles. The molecule has 2 aromatic carbocycles. The van der Waals surface area contributed by atoms with Crippen molar-refractivity contribution in [3.63, 3.8) is 0 Å². The minimum absolute atomic E-state index is 0.0374. The first-order chi connectivity index (χ1) is 16.4. The van der Waals surface area contributed by atoms with E-state index in [0.717, 1.165) is 17.7 Å². The van der Waals surface area contributed by atoms with Gasteiger partial charge in [0.1, 0.15) is 12.6 Å². The molecular weight excluding hydrogens is 432 g/mol. The molecule has 4 N–H and O–H groups in total. The van der Waals surface area contributed by atoms with Crippen molar-refractivity contribution in [2.45, 2.75) is 51.2 Å². The molecule has 0 saturated heterocycles. The largest absolute Gasteiger partial charge is 0.391 e. The van der Waals surface area contributed by atoms with E-state index in [1.54, 1.807) is 24.3 Å². The van der Waals surface area contributed by atoms with Gasteiger partial charge in [0.2, 0.25) is 5.91 Å². The highest BCUT2D eigenvalue weighted by atomic mass is 16.3. The van der Waals surface area contributed by atoms with Gasteiger partial charge in [-0.3, -0.25) is 14.4 Å². The highest BCUT2D eigenvalue weighted by molar-refractivity contribution is 5.98. The van der Waals surface area contributed by atoms with Crippen LogP contribution in [0.15, 0.2) is 48.5 Å². The molecule has 0 unspecified atom stereocenters. The van der Waals surface area contributed by atoms with Crippen molar-refractivity contribution < 1.29 is 24.6 Å². The van der Waals surface area contributed by atoms with Crippen molar-refractivity contribution in [2.75, 3.05) is 11.9 Å². The number of hydrogen-bond donors (Lipinski definition) is 4. The van der Waals surface area contributed by atoms with E-state index in [1.165, 1.54) is 26.2 Å². The molecule has 34 heavy (non-hydrogen) atoms. The maximum Gasteiger partial charge on any atom is 0.251 e. The Labute approximate surface area is 199 Å². The van der Waals surface area contributed by atoms with Crippen LogP contribution < -0.4 is 10.6 Å². The molecular formula is C27H30N2O5. The second kappa shape index (κ2) is 12.1. The van der Waals surface area contributed by atoms with Crippen LogP contribution in [0.1, 0.15) is 60.5 Å². The number of aliphatic hydroxyl groups is 2. The molecule has 1 saturated carbocycles. The predicted octanol–water partition coefficient (Wildman–Crippen LogP) is 2.65. The lowest BCUT2D eigenvalue weighted by atomic mass is 9.82. The minimum atomic E-state index is -1.17. The van der Waals surface area contributed by atoms with Crippen molar-refractivity contribution in [3.8, 4) is 11.8 Å². The van der Waals surface area contributed by atoms with Gasteiger partial charge < -0.3 is 20.8 Å². The third-order valence-electron chi connectivity index (χ3n) is 5.94. The molecule has 2 amide bonds. The lowest BCUT2D eigenvalue weighted by Crippen LogP contribution is -2.48. The summed E-state index contributed by atoms with van der Waals surface area (Å²) in [6.45, 7) is 0.603. The first kappa shape index (κ1) is 25.2. The number of benzene rings is 2. The summed E-state index contributed by atoms with van der Waals surface area (Å²) in [4.78, 5) is 36.1. The van der Waals surface area contributed by atoms with Crippen LogP contribution in [0.4, 0.5) is 5.69 Å². The summed E-state index contributed by atoms with van der Waals surface area (Å²) in [5, 5.41) is 24.0. The second-order valence-corrected chi connectivity index (χ2v) is 8.60. The fourth-order valence-corrected chi connectivity index (χ4v) is 3.62. The van der Waals surface area contributed by atoms with Gasteiger partial charge in [-0.2, -0.15) is 0 Å². The van der Waals surface area contributed by atoms with Gasteiger partial charge in [0, 0.05) is 28.8 Å². The van der Waals surface area contributed by atoms with Gasteiger partial charge >= 0.3 is 0 Å². The number of anilines is 1. The lowest BCUT2D eigenvalue weighted by molar-refractivity contribution is -0.126. The topological polar surface area (TPSA) is 116 Å². The van der Waals surface area contributed by atoms with Gasteiger partial charge in [-0.15, -0.1) is 0 Å². The molecule has 1 aliphatic carbocycles. The molecule has 0 aliphatic heterocycles. The van der Waals surface area contributed by atoms with Crippen molar-refractivity contribution >= 4 is 23.3 Å². The van der Waals surface area contributed by atoms with E-state index in [4.69, 9.17) is 5.11 Å². The van der Waals surface area contributed by atoms with Gasteiger partial charge in [-0.25, -0.2) is 0 Å². The molecule has 1 fully saturated rings. The Morgan fingerprint density at radius 1 is 1.00 bits per heavy atom. The third-order valence-corrected chi connectivity index (χ3v) is 5.94. The number of ketones is 1. The van der Waals surface area contributed by atoms with Gasteiger partial charge in [0.25, 0.3) is 5.91 Å². The summed E-state index contributed by atoms with van der Waals surface area (Å²) < 4.78 is 0. The number of carbonyl (C=O) groups is 3. The number of hydrogen-bond acceptors (Lipinski definition) is 5. The van der Waals surface area contributed by atoms with Gasteiger partial charge in [0.05, 0.1) is 6.10 Å². The molecule has 178 valence electrons. The molecule has 0 radical (unpaired) electrons. The molecule has 0 spiro atoms. The van der Waals surface area contributed by atoms with Crippen molar-refractivity contribution in [1.29, 1.82) is 0 Å². The summed E-state index contributed by atoms with van der Waals surface area (Å²) in [5.74, 6) is 5.63. The van der Waals surface area contributed by atoms with Crippen LogP contribution >= 0.6 is 0 Å². The van der Waals surface area contributed by atoms with Crippen molar-refractivity contribution in [3.05, 3.63) is 65.2 Å². The first-order valence-corrected chi connectivity index (χ1v) is 11.5. The van der Waals surface area contributed by atoms with Crippen LogP contribution in [0.5, 0.6) is 0 Å². The zero-order chi connectivity index (χ0) is 24.5. The number of nitrogens with one attached hydrogen (secondary N) is 2. The van der Waals surface area contributed by atoms with Crippen LogP contribution in [0.2, 0.25) is 0 Å². The fraction of sp³-hybridized carbons (Fsp3) is 0.370. The highest BCUT2D eigenvalue weighted by Crippen LogP contribution is 2.30. The standard InChI is InChI=1S/C27H30N2O5/c1-18(31)26(24(32)17-30)29-27(34)22-12-7-20(8-13-22)5-6-21-9-14-23(15-10-21)28-25(33)16-11-19-3-2-4-19/h7-10,12-15,18-19,26,30-31H,2-4,11,16-17H2,1H3,(H,28,33)(H,29,34)/t18-,26+/m1/s1. The molecule has 7 heteroatoms. The Bertz CT molecular complexity index is 1060. The summed E-state index contributed by atoms with van der Waals surface area (Å²) in [6.07, 6.45) is 4.15. The maximum absolute atomic E-state index is 12.3. The Morgan fingerprint density at radius 2 is 1.59 bits per heavy atom. The molecule has 2 atom stereocenters. The average Bonchev–Trinajstić information content (AvgIpc) is 2.80. The number of Topliss-reactive ketones (excluding diaryl/α,β-unsaturated/α-hetero) is 1. The molecule has 3 rings (SSSR count). The number of carbonyl (C=O) groups excluding carboxylic acids is 3. The van der Waals surface area contributed by atoms with E-state index in [2.05, 4.69) is 22.5 Å². The Morgan fingerprint density at radius 3 is 2.09 bits per heavy atom. The summed E-state index contributed by atoms with van der Waals surface area (Å²) in [5.41, 5.74) is 2.54. The SMILES string of the molecule is C[C@@H](O)[C@H](NC(=O)c1ccc(C#Cc2ccc(NC(=O)CCC3CCC3)cc2)cc1)C(=O)CO. The number of amides is 2. The Balaban J connectivity index is 1.53. The third kappa shape index (κ3) is 7.27. The van der Waals surface area contributed by atoms with E-state index in [1.807, 2.05) is 24.3 Å². The fourth-order valence-electron chi connectivity index (χ4n) is 3.62. The molecule has 7 nitrogen and oxygen atoms in total. The molecule has 0 bridgehead atoms. The van der Waals surface area contributed by atoms with Gasteiger partial charge in [-0.1, -0.05) is 31.1 Å².